The van der Waals surface area contributed by atoms with Crippen LogP contribution in [0.25, 0.3) is 0 Å². The molecule has 3 heteroatoms. The Hall–Kier alpha value is -1.61. The Morgan fingerprint density at radius 2 is 1.79 bits per heavy atom. The van der Waals surface area contributed by atoms with Gasteiger partial charge in [-0.15, -0.1) is 0 Å². The van der Waals surface area contributed by atoms with Crippen molar-refractivity contribution in [3.05, 3.63) is 52.8 Å². The van der Waals surface area contributed by atoms with Crippen molar-refractivity contribution < 1.29 is 0 Å². The van der Waals surface area contributed by atoms with E-state index in [1.54, 1.807) is 0 Å². The quantitative estimate of drug-likeness (QED) is 0.862. The fourth-order valence-electron chi connectivity index (χ4n) is 2.31. The minimum Gasteiger partial charge on any atom is -0.307 e. The van der Waals surface area contributed by atoms with Crippen molar-refractivity contribution >= 4 is 0 Å². The summed E-state index contributed by atoms with van der Waals surface area (Å²) >= 11 is 0. The van der Waals surface area contributed by atoms with Gasteiger partial charge >= 0.3 is 0 Å². The molecule has 0 radical (unpaired) electrons. The van der Waals surface area contributed by atoms with Gasteiger partial charge in [-0.25, -0.2) is 0 Å². The molecule has 0 fully saturated rings. The zero-order valence-electron chi connectivity index (χ0n) is 12.1. The molecule has 3 nitrogen and oxygen atoms in total. The maximum atomic E-state index is 4.47. The van der Waals surface area contributed by atoms with E-state index in [1.165, 1.54) is 16.8 Å². The Labute approximate surface area is 115 Å². The summed E-state index contributed by atoms with van der Waals surface area (Å²) in [4.78, 5) is 0. The van der Waals surface area contributed by atoms with E-state index in [0.717, 1.165) is 31.6 Å². The highest BCUT2D eigenvalue weighted by Gasteiger charge is 2.04. The van der Waals surface area contributed by atoms with Crippen LogP contribution < -0.4 is 5.32 Å². The van der Waals surface area contributed by atoms with Gasteiger partial charge in [0, 0.05) is 20.1 Å². The van der Waals surface area contributed by atoms with Gasteiger partial charge in [-0.1, -0.05) is 38.1 Å². The van der Waals surface area contributed by atoms with Crippen LogP contribution in [0.15, 0.2) is 30.3 Å². The van der Waals surface area contributed by atoms with E-state index in [9.17, 15) is 0 Å². The number of rotatable bonds is 6. The van der Waals surface area contributed by atoms with Gasteiger partial charge in [0.2, 0.25) is 0 Å². The van der Waals surface area contributed by atoms with Crippen LogP contribution in [0.3, 0.4) is 0 Å². The molecule has 1 aromatic carbocycles. The standard InChI is InChI=1S/C16H23N3/c1-4-13-8-6-7-9-14(13)11-17-12-16-10-15(5-2)18-19(16)3/h6-10,17H,4-5,11-12H2,1-3H3. The molecule has 1 heterocycles. The van der Waals surface area contributed by atoms with E-state index in [-0.39, 0.29) is 0 Å². The normalized spacial score (nSPS) is 10.9. The highest BCUT2D eigenvalue weighted by atomic mass is 15.3. The molecule has 0 unspecified atom stereocenters. The number of nitrogens with one attached hydrogen (secondary N) is 1. The number of hydrogen-bond donors (Lipinski definition) is 1. The van der Waals surface area contributed by atoms with Crippen molar-refractivity contribution in [2.45, 2.75) is 39.8 Å². The van der Waals surface area contributed by atoms with Gasteiger partial charge < -0.3 is 5.32 Å². The first-order valence-electron chi connectivity index (χ1n) is 7.03. The zero-order valence-corrected chi connectivity index (χ0v) is 12.1. The second-order valence-corrected chi connectivity index (χ2v) is 4.83. The van der Waals surface area contributed by atoms with Crippen LogP contribution in [-0.4, -0.2) is 9.78 Å². The second kappa shape index (κ2) is 6.53. The maximum Gasteiger partial charge on any atom is 0.0625 e. The van der Waals surface area contributed by atoms with E-state index in [1.807, 2.05) is 11.7 Å². The molecule has 0 atom stereocenters. The summed E-state index contributed by atoms with van der Waals surface area (Å²) in [7, 11) is 2.01. The Bertz CT molecular complexity index is 529. The third-order valence-electron chi connectivity index (χ3n) is 3.51. The predicted octanol–water partition coefficient (Wildman–Crippen LogP) is 2.83. The van der Waals surface area contributed by atoms with Gasteiger partial charge in [-0.2, -0.15) is 5.10 Å². The summed E-state index contributed by atoms with van der Waals surface area (Å²) in [5.74, 6) is 0. The molecule has 0 saturated carbocycles. The van der Waals surface area contributed by atoms with Gasteiger partial charge in [0.1, 0.15) is 0 Å². The van der Waals surface area contributed by atoms with Crippen LogP contribution in [0.5, 0.6) is 0 Å². The number of aromatic nitrogens is 2. The van der Waals surface area contributed by atoms with Gasteiger partial charge in [0.15, 0.2) is 0 Å². The average molecular weight is 257 g/mol. The van der Waals surface area contributed by atoms with Gasteiger partial charge in [-0.3, -0.25) is 4.68 Å². The van der Waals surface area contributed by atoms with Crippen LogP contribution in [0.4, 0.5) is 0 Å². The van der Waals surface area contributed by atoms with Gasteiger partial charge in [-0.05, 0) is 30.0 Å². The number of nitrogens with zero attached hydrogens (tertiary/aromatic N) is 2. The largest absolute Gasteiger partial charge is 0.307 e. The van der Waals surface area contributed by atoms with Crippen LogP contribution in [-0.2, 0) is 33.0 Å². The maximum absolute atomic E-state index is 4.47. The van der Waals surface area contributed by atoms with Crippen molar-refractivity contribution in [1.29, 1.82) is 0 Å². The van der Waals surface area contributed by atoms with Crippen LogP contribution in [0, 0.1) is 0 Å². The van der Waals surface area contributed by atoms with E-state index >= 15 is 0 Å². The third kappa shape index (κ3) is 3.44. The average Bonchev–Trinajstić information content (AvgIpc) is 2.80. The molecular formula is C16H23N3. The lowest BCUT2D eigenvalue weighted by Crippen LogP contribution is -2.16. The molecular weight excluding hydrogens is 234 g/mol. The Morgan fingerprint density at radius 3 is 2.42 bits per heavy atom. The smallest absolute Gasteiger partial charge is 0.0625 e. The monoisotopic (exact) mass is 257 g/mol. The molecule has 0 amide bonds. The fraction of sp³-hybridized carbons (Fsp3) is 0.438. The van der Waals surface area contributed by atoms with Crippen LogP contribution >= 0.6 is 0 Å². The highest BCUT2D eigenvalue weighted by Crippen LogP contribution is 2.10. The van der Waals surface area contributed by atoms with E-state index < -0.39 is 0 Å². The minimum atomic E-state index is 0.863. The third-order valence-corrected chi connectivity index (χ3v) is 3.51. The van der Waals surface area contributed by atoms with Crippen molar-refractivity contribution in [3.8, 4) is 0 Å². The molecule has 1 aromatic heterocycles. The molecule has 19 heavy (non-hydrogen) atoms. The molecule has 0 saturated heterocycles. The lowest BCUT2D eigenvalue weighted by molar-refractivity contribution is 0.621. The van der Waals surface area contributed by atoms with Crippen molar-refractivity contribution in [2.24, 2.45) is 7.05 Å². The Morgan fingerprint density at radius 1 is 1.05 bits per heavy atom. The van der Waals surface area contributed by atoms with Gasteiger partial charge in [0.25, 0.3) is 0 Å². The SMILES string of the molecule is CCc1cc(CNCc2ccccc2CC)n(C)n1. The highest BCUT2D eigenvalue weighted by molar-refractivity contribution is 5.26. The number of aryl methyl sites for hydroxylation is 3. The van der Waals surface area contributed by atoms with Crippen molar-refractivity contribution in [2.75, 3.05) is 0 Å². The summed E-state index contributed by atoms with van der Waals surface area (Å²) in [6, 6.07) is 10.8. The second-order valence-electron chi connectivity index (χ2n) is 4.83. The molecule has 0 aliphatic heterocycles. The predicted molar refractivity (Wildman–Crippen MR) is 78.9 cm³/mol. The summed E-state index contributed by atoms with van der Waals surface area (Å²) in [5, 5.41) is 7.98. The van der Waals surface area contributed by atoms with Crippen molar-refractivity contribution in [1.82, 2.24) is 15.1 Å². The van der Waals surface area contributed by atoms with Crippen LogP contribution in [0.1, 0.15) is 36.4 Å². The van der Waals surface area contributed by atoms with Crippen molar-refractivity contribution in [3.63, 3.8) is 0 Å². The molecule has 2 aromatic rings. The summed E-state index contributed by atoms with van der Waals surface area (Å²) < 4.78 is 1.97. The molecule has 0 spiro atoms. The molecule has 2 rings (SSSR count). The molecule has 1 N–H and O–H groups in total. The molecule has 0 aliphatic rings. The lowest BCUT2D eigenvalue weighted by Gasteiger charge is -2.09. The first-order valence-corrected chi connectivity index (χ1v) is 7.03. The zero-order chi connectivity index (χ0) is 13.7. The number of benzene rings is 1. The summed E-state index contributed by atoms with van der Waals surface area (Å²) in [6.07, 6.45) is 2.08. The summed E-state index contributed by atoms with van der Waals surface area (Å²) in [6.45, 7) is 6.11. The van der Waals surface area contributed by atoms with E-state index in [2.05, 4.69) is 54.6 Å². The fourth-order valence-corrected chi connectivity index (χ4v) is 2.31. The first kappa shape index (κ1) is 13.8. The Balaban J connectivity index is 1.94. The first-order chi connectivity index (χ1) is 9.24. The van der Waals surface area contributed by atoms with E-state index in [4.69, 9.17) is 0 Å². The van der Waals surface area contributed by atoms with Crippen LogP contribution in [0.2, 0.25) is 0 Å². The Kier molecular flexibility index (Phi) is 4.74. The minimum absolute atomic E-state index is 0.863. The summed E-state index contributed by atoms with van der Waals surface area (Å²) in [5.41, 5.74) is 5.22. The molecule has 0 bridgehead atoms. The van der Waals surface area contributed by atoms with Gasteiger partial charge in [0.05, 0.1) is 11.4 Å². The topological polar surface area (TPSA) is 29.9 Å². The number of hydrogen-bond acceptors (Lipinski definition) is 2. The molecule has 0 aliphatic carbocycles. The molecule has 102 valence electrons. The van der Waals surface area contributed by atoms with E-state index in [0.29, 0.717) is 0 Å². The lowest BCUT2D eigenvalue weighted by atomic mass is 10.1.